The Bertz CT molecular complexity index is 499. The molecule has 16 heavy (non-hydrogen) atoms. The van der Waals surface area contributed by atoms with Gasteiger partial charge >= 0.3 is 0 Å². The minimum atomic E-state index is -0.377. The molecule has 0 aliphatic carbocycles. The molecule has 1 aromatic heterocycles. The lowest BCUT2D eigenvalue weighted by Gasteiger charge is -2.07. The standard InChI is InChI=1S/C12H9BrFNO/c1-8-2-3-9(13)6-11(8)16-12-5-4-10(14)7-15-12/h2-7H,1H3. The highest BCUT2D eigenvalue weighted by Crippen LogP contribution is 2.26. The van der Waals surface area contributed by atoms with Crippen LogP contribution in [0.2, 0.25) is 0 Å². The van der Waals surface area contributed by atoms with Crippen molar-refractivity contribution in [3.8, 4) is 11.6 Å². The Balaban J connectivity index is 2.26. The molecule has 0 aliphatic rings. The van der Waals surface area contributed by atoms with Crippen molar-refractivity contribution in [1.82, 2.24) is 4.98 Å². The molecule has 0 aliphatic heterocycles. The molecule has 0 saturated heterocycles. The molecule has 0 saturated carbocycles. The molecule has 2 rings (SSSR count). The zero-order valence-corrected chi connectivity index (χ0v) is 10.2. The van der Waals surface area contributed by atoms with E-state index in [0.29, 0.717) is 11.6 Å². The van der Waals surface area contributed by atoms with Crippen LogP contribution in [0.5, 0.6) is 11.6 Å². The lowest BCUT2D eigenvalue weighted by Crippen LogP contribution is -1.90. The van der Waals surface area contributed by atoms with Crippen LogP contribution >= 0.6 is 15.9 Å². The van der Waals surface area contributed by atoms with E-state index < -0.39 is 0 Å². The highest BCUT2D eigenvalue weighted by molar-refractivity contribution is 9.10. The molecule has 0 spiro atoms. The molecule has 2 nitrogen and oxygen atoms in total. The van der Waals surface area contributed by atoms with Crippen molar-refractivity contribution in [3.63, 3.8) is 0 Å². The molecule has 1 heterocycles. The molecule has 0 radical (unpaired) electrons. The zero-order chi connectivity index (χ0) is 11.5. The topological polar surface area (TPSA) is 22.1 Å². The van der Waals surface area contributed by atoms with E-state index in [9.17, 15) is 4.39 Å². The van der Waals surface area contributed by atoms with Crippen LogP contribution in [-0.2, 0) is 0 Å². The number of aryl methyl sites for hydroxylation is 1. The third-order valence-corrected chi connectivity index (χ3v) is 2.56. The van der Waals surface area contributed by atoms with Gasteiger partial charge in [-0.3, -0.25) is 0 Å². The van der Waals surface area contributed by atoms with E-state index in [-0.39, 0.29) is 5.82 Å². The second-order valence-electron chi connectivity index (χ2n) is 3.33. The van der Waals surface area contributed by atoms with Crippen molar-refractivity contribution in [2.24, 2.45) is 0 Å². The van der Waals surface area contributed by atoms with Gasteiger partial charge in [-0.05, 0) is 30.7 Å². The highest BCUT2D eigenvalue weighted by atomic mass is 79.9. The summed E-state index contributed by atoms with van der Waals surface area (Å²) in [6.07, 6.45) is 1.13. The Morgan fingerprint density at radius 1 is 1.25 bits per heavy atom. The van der Waals surface area contributed by atoms with Gasteiger partial charge in [0.25, 0.3) is 0 Å². The van der Waals surface area contributed by atoms with E-state index in [1.54, 1.807) is 0 Å². The fourth-order valence-electron chi connectivity index (χ4n) is 1.22. The number of benzene rings is 1. The first-order chi connectivity index (χ1) is 7.65. The van der Waals surface area contributed by atoms with Gasteiger partial charge in [0.2, 0.25) is 5.88 Å². The number of pyridine rings is 1. The largest absolute Gasteiger partial charge is 0.439 e. The van der Waals surface area contributed by atoms with E-state index in [0.717, 1.165) is 16.2 Å². The average molecular weight is 282 g/mol. The monoisotopic (exact) mass is 281 g/mol. The van der Waals surface area contributed by atoms with Gasteiger partial charge in [0.1, 0.15) is 11.6 Å². The fourth-order valence-corrected chi connectivity index (χ4v) is 1.56. The van der Waals surface area contributed by atoms with Crippen LogP contribution in [0.3, 0.4) is 0 Å². The molecule has 4 heteroatoms. The number of ether oxygens (including phenoxy) is 1. The number of hydrogen-bond donors (Lipinski definition) is 0. The van der Waals surface area contributed by atoms with E-state index in [4.69, 9.17) is 4.74 Å². The number of hydrogen-bond acceptors (Lipinski definition) is 2. The molecule has 0 bridgehead atoms. The normalized spacial score (nSPS) is 10.2. The smallest absolute Gasteiger partial charge is 0.219 e. The predicted octanol–water partition coefficient (Wildman–Crippen LogP) is 4.08. The summed E-state index contributed by atoms with van der Waals surface area (Å²) in [5, 5.41) is 0. The van der Waals surface area contributed by atoms with Crippen molar-refractivity contribution in [3.05, 3.63) is 52.4 Å². The molecule has 1 aromatic carbocycles. The van der Waals surface area contributed by atoms with E-state index in [1.165, 1.54) is 12.1 Å². The summed E-state index contributed by atoms with van der Waals surface area (Å²) >= 11 is 3.36. The van der Waals surface area contributed by atoms with Crippen molar-refractivity contribution in [1.29, 1.82) is 0 Å². The van der Waals surface area contributed by atoms with Crippen molar-refractivity contribution in [2.45, 2.75) is 6.92 Å². The van der Waals surface area contributed by atoms with Crippen LogP contribution in [-0.4, -0.2) is 4.98 Å². The molecule has 0 amide bonds. The molecule has 0 N–H and O–H groups in total. The van der Waals surface area contributed by atoms with Gasteiger partial charge in [-0.15, -0.1) is 0 Å². The van der Waals surface area contributed by atoms with Crippen LogP contribution in [0.15, 0.2) is 41.0 Å². The first-order valence-corrected chi connectivity index (χ1v) is 5.50. The van der Waals surface area contributed by atoms with Gasteiger partial charge in [0.05, 0.1) is 6.20 Å². The lowest BCUT2D eigenvalue weighted by atomic mass is 10.2. The van der Waals surface area contributed by atoms with E-state index in [1.807, 2.05) is 25.1 Å². The second kappa shape index (κ2) is 4.61. The van der Waals surface area contributed by atoms with Crippen LogP contribution in [0.4, 0.5) is 4.39 Å². The first kappa shape index (κ1) is 11.1. The lowest BCUT2D eigenvalue weighted by molar-refractivity contribution is 0.455. The molecule has 2 aromatic rings. The number of nitrogens with zero attached hydrogens (tertiary/aromatic N) is 1. The number of rotatable bonds is 2. The first-order valence-electron chi connectivity index (χ1n) is 4.71. The summed E-state index contributed by atoms with van der Waals surface area (Å²) in [4.78, 5) is 3.83. The minimum Gasteiger partial charge on any atom is -0.439 e. The van der Waals surface area contributed by atoms with E-state index in [2.05, 4.69) is 20.9 Å². The molecule has 0 atom stereocenters. The fraction of sp³-hybridized carbons (Fsp3) is 0.0833. The summed E-state index contributed by atoms with van der Waals surface area (Å²) in [5.41, 5.74) is 0.995. The van der Waals surface area contributed by atoms with Gasteiger partial charge in [-0.1, -0.05) is 22.0 Å². The Morgan fingerprint density at radius 2 is 2.06 bits per heavy atom. The Hall–Kier alpha value is -1.42. The third-order valence-electron chi connectivity index (χ3n) is 2.06. The Kier molecular flexibility index (Phi) is 3.19. The van der Waals surface area contributed by atoms with Crippen LogP contribution in [0, 0.1) is 12.7 Å². The molecular weight excluding hydrogens is 273 g/mol. The molecule has 82 valence electrons. The molecule has 0 unspecified atom stereocenters. The summed E-state index contributed by atoms with van der Waals surface area (Å²) in [5.74, 6) is 0.703. The highest BCUT2D eigenvalue weighted by Gasteiger charge is 2.03. The van der Waals surface area contributed by atoms with Crippen LogP contribution in [0.1, 0.15) is 5.56 Å². The summed E-state index contributed by atoms with van der Waals surface area (Å²) in [6, 6.07) is 8.52. The van der Waals surface area contributed by atoms with Crippen molar-refractivity contribution < 1.29 is 9.13 Å². The Labute approximate surface area is 101 Å². The van der Waals surface area contributed by atoms with Gasteiger partial charge in [0.15, 0.2) is 0 Å². The van der Waals surface area contributed by atoms with Crippen molar-refractivity contribution >= 4 is 15.9 Å². The average Bonchev–Trinajstić information content (AvgIpc) is 2.27. The maximum atomic E-state index is 12.6. The maximum Gasteiger partial charge on any atom is 0.219 e. The summed E-state index contributed by atoms with van der Waals surface area (Å²) < 4.78 is 19.1. The number of aromatic nitrogens is 1. The van der Waals surface area contributed by atoms with Crippen LogP contribution < -0.4 is 4.74 Å². The SMILES string of the molecule is Cc1ccc(Br)cc1Oc1ccc(F)cn1. The predicted molar refractivity (Wildman–Crippen MR) is 63.1 cm³/mol. The quantitative estimate of drug-likeness (QED) is 0.827. The van der Waals surface area contributed by atoms with Crippen molar-refractivity contribution in [2.75, 3.05) is 0 Å². The molecule has 0 fully saturated rings. The van der Waals surface area contributed by atoms with Gasteiger partial charge in [-0.25, -0.2) is 9.37 Å². The summed E-state index contributed by atoms with van der Waals surface area (Å²) in [6.45, 7) is 1.94. The minimum absolute atomic E-state index is 0.377. The van der Waals surface area contributed by atoms with Gasteiger partial charge in [-0.2, -0.15) is 0 Å². The third kappa shape index (κ3) is 2.58. The Morgan fingerprint density at radius 3 is 2.75 bits per heavy atom. The second-order valence-corrected chi connectivity index (χ2v) is 4.24. The molecular formula is C12H9BrFNO. The van der Waals surface area contributed by atoms with Gasteiger partial charge < -0.3 is 4.74 Å². The van der Waals surface area contributed by atoms with Gasteiger partial charge in [0, 0.05) is 10.5 Å². The number of halogens is 2. The summed E-state index contributed by atoms with van der Waals surface area (Å²) in [7, 11) is 0. The zero-order valence-electron chi connectivity index (χ0n) is 8.58. The van der Waals surface area contributed by atoms with E-state index >= 15 is 0 Å². The van der Waals surface area contributed by atoms with Crippen LogP contribution in [0.25, 0.3) is 0 Å². The maximum absolute atomic E-state index is 12.6.